The number of rotatable bonds is 4. The Labute approximate surface area is 132 Å². The molecular weight excluding hydrogens is 303 g/mol. The van der Waals surface area contributed by atoms with Gasteiger partial charge in [0.2, 0.25) is 5.91 Å². The highest BCUT2D eigenvalue weighted by molar-refractivity contribution is 6.01. The SMILES string of the molecule is O=C(NC1(C(=O)O)CCC1)c1cc(N2CCCC2=O)ccc1F. The zero-order valence-corrected chi connectivity index (χ0v) is 12.5. The Kier molecular flexibility index (Phi) is 3.79. The molecule has 0 aromatic heterocycles. The quantitative estimate of drug-likeness (QED) is 0.884. The van der Waals surface area contributed by atoms with E-state index in [1.807, 2.05) is 0 Å². The number of amides is 2. The molecule has 1 aromatic rings. The van der Waals surface area contributed by atoms with Crippen LogP contribution in [0.15, 0.2) is 18.2 Å². The van der Waals surface area contributed by atoms with Gasteiger partial charge >= 0.3 is 5.97 Å². The summed E-state index contributed by atoms with van der Waals surface area (Å²) in [6, 6.07) is 3.89. The van der Waals surface area contributed by atoms with Crippen LogP contribution < -0.4 is 10.2 Å². The van der Waals surface area contributed by atoms with E-state index in [2.05, 4.69) is 5.32 Å². The molecule has 2 amide bonds. The minimum atomic E-state index is -1.30. The molecular formula is C16H17FN2O4. The van der Waals surface area contributed by atoms with E-state index in [4.69, 9.17) is 0 Å². The van der Waals surface area contributed by atoms with Gasteiger partial charge in [0.25, 0.3) is 5.91 Å². The van der Waals surface area contributed by atoms with Crippen molar-refractivity contribution in [1.29, 1.82) is 0 Å². The van der Waals surface area contributed by atoms with Crippen LogP contribution in [0, 0.1) is 5.82 Å². The number of nitrogens with one attached hydrogen (secondary N) is 1. The number of anilines is 1. The molecule has 1 aliphatic heterocycles. The third kappa shape index (κ3) is 2.67. The highest BCUT2D eigenvalue weighted by Crippen LogP contribution is 2.33. The number of carbonyl (C=O) groups excluding carboxylic acids is 2. The van der Waals surface area contributed by atoms with Gasteiger partial charge in [-0.05, 0) is 43.9 Å². The standard InChI is InChI=1S/C16H17FN2O4/c17-12-5-4-10(19-8-1-3-13(19)20)9-11(12)14(21)18-16(15(22)23)6-2-7-16/h4-5,9H,1-3,6-8H2,(H,18,21)(H,22,23). The zero-order chi connectivity index (χ0) is 16.6. The second-order valence-corrected chi connectivity index (χ2v) is 6.01. The van der Waals surface area contributed by atoms with Gasteiger partial charge in [0.05, 0.1) is 5.56 Å². The lowest BCUT2D eigenvalue weighted by molar-refractivity contribution is -0.148. The van der Waals surface area contributed by atoms with E-state index in [0.717, 1.165) is 12.5 Å². The molecule has 0 unspecified atom stereocenters. The third-order valence-electron chi connectivity index (χ3n) is 4.55. The largest absolute Gasteiger partial charge is 0.480 e. The van der Waals surface area contributed by atoms with Gasteiger partial charge in [-0.1, -0.05) is 0 Å². The summed E-state index contributed by atoms with van der Waals surface area (Å²) in [5, 5.41) is 11.7. The molecule has 1 saturated carbocycles. The summed E-state index contributed by atoms with van der Waals surface area (Å²) in [4.78, 5) is 36.9. The fourth-order valence-electron chi connectivity index (χ4n) is 2.98. The summed E-state index contributed by atoms with van der Waals surface area (Å²) in [7, 11) is 0. The summed E-state index contributed by atoms with van der Waals surface area (Å²) in [6.45, 7) is 0.532. The van der Waals surface area contributed by atoms with Crippen molar-refractivity contribution in [3.05, 3.63) is 29.6 Å². The molecule has 2 fully saturated rings. The van der Waals surface area contributed by atoms with E-state index in [-0.39, 0.29) is 11.5 Å². The van der Waals surface area contributed by atoms with Gasteiger partial charge in [-0.2, -0.15) is 0 Å². The fraction of sp³-hybridized carbons (Fsp3) is 0.438. The highest BCUT2D eigenvalue weighted by atomic mass is 19.1. The Hall–Kier alpha value is -2.44. The molecule has 3 rings (SSSR count). The predicted molar refractivity (Wildman–Crippen MR) is 79.7 cm³/mol. The van der Waals surface area contributed by atoms with Crippen LogP contribution in [0.4, 0.5) is 10.1 Å². The van der Waals surface area contributed by atoms with E-state index in [9.17, 15) is 23.9 Å². The van der Waals surface area contributed by atoms with E-state index < -0.39 is 23.2 Å². The smallest absolute Gasteiger partial charge is 0.329 e. The zero-order valence-electron chi connectivity index (χ0n) is 12.5. The first-order valence-electron chi connectivity index (χ1n) is 7.59. The third-order valence-corrected chi connectivity index (χ3v) is 4.55. The molecule has 23 heavy (non-hydrogen) atoms. The van der Waals surface area contributed by atoms with Crippen molar-refractivity contribution in [2.24, 2.45) is 0 Å². The average molecular weight is 320 g/mol. The van der Waals surface area contributed by atoms with Gasteiger partial charge < -0.3 is 15.3 Å². The number of nitrogens with zero attached hydrogens (tertiary/aromatic N) is 1. The van der Waals surface area contributed by atoms with Crippen molar-refractivity contribution >= 4 is 23.5 Å². The number of aliphatic carboxylic acids is 1. The van der Waals surface area contributed by atoms with Crippen LogP contribution in [0.3, 0.4) is 0 Å². The molecule has 6 nitrogen and oxygen atoms in total. The summed E-state index contributed by atoms with van der Waals surface area (Å²) >= 11 is 0. The summed E-state index contributed by atoms with van der Waals surface area (Å²) in [5.74, 6) is -2.68. The Morgan fingerprint density at radius 2 is 2.00 bits per heavy atom. The van der Waals surface area contributed by atoms with Crippen LogP contribution in [0.2, 0.25) is 0 Å². The van der Waals surface area contributed by atoms with Crippen molar-refractivity contribution in [2.75, 3.05) is 11.4 Å². The first-order valence-corrected chi connectivity index (χ1v) is 7.59. The molecule has 2 aliphatic rings. The van der Waals surface area contributed by atoms with Crippen molar-refractivity contribution in [3.8, 4) is 0 Å². The summed E-state index contributed by atoms with van der Waals surface area (Å²) < 4.78 is 14.0. The van der Waals surface area contributed by atoms with E-state index in [0.29, 0.717) is 37.9 Å². The van der Waals surface area contributed by atoms with Gasteiger partial charge in [0.15, 0.2) is 0 Å². The number of hydrogen-bond donors (Lipinski definition) is 2. The maximum Gasteiger partial charge on any atom is 0.329 e. The molecule has 7 heteroatoms. The van der Waals surface area contributed by atoms with Crippen LogP contribution in [0.5, 0.6) is 0 Å². The Balaban J connectivity index is 1.85. The fourth-order valence-corrected chi connectivity index (χ4v) is 2.98. The molecule has 0 radical (unpaired) electrons. The maximum absolute atomic E-state index is 14.0. The number of halogens is 1. The molecule has 1 aromatic carbocycles. The van der Waals surface area contributed by atoms with Crippen molar-refractivity contribution in [3.63, 3.8) is 0 Å². The number of carbonyl (C=O) groups is 3. The predicted octanol–water partition coefficient (Wildman–Crippen LogP) is 1.69. The molecule has 0 bridgehead atoms. The minimum Gasteiger partial charge on any atom is -0.480 e. The van der Waals surface area contributed by atoms with Crippen LogP contribution in [-0.4, -0.2) is 35.0 Å². The van der Waals surface area contributed by atoms with Gasteiger partial charge in [-0.15, -0.1) is 0 Å². The first-order chi connectivity index (χ1) is 10.9. The monoisotopic (exact) mass is 320 g/mol. The van der Waals surface area contributed by atoms with Gasteiger partial charge in [0.1, 0.15) is 11.4 Å². The Morgan fingerprint density at radius 1 is 1.26 bits per heavy atom. The van der Waals surface area contributed by atoms with Crippen LogP contribution in [0.25, 0.3) is 0 Å². The molecule has 1 aliphatic carbocycles. The van der Waals surface area contributed by atoms with Crippen molar-refractivity contribution in [1.82, 2.24) is 5.32 Å². The Morgan fingerprint density at radius 3 is 2.52 bits per heavy atom. The van der Waals surface area contributed by atoms with E-state index in [1.165, 1.54) is 17.0 Å². The van der Waals surface area contributed by atoms with Crippen LogP contribution in [0.1, 0.15) is 42.5 Å². The Bertz CT molecular complexity index is 685. The molecule has 1 heterocycles. The molecule has 1 saturated heterocycles. The lowest BCUT2D eigenvalue weighted by Crippen LogP contribution is -2.59. The van der Waals surface area contributed by atoms with Crippen LogP contribution >= 0.6 is 0 Å². The van der Waals surface area contributed by atoms with Crippen molar-refractivity contribution in [2.45, 2.75) is 37.6 Å². The van der Waals surface area contributed by atoms with Crippen LogP contribution in [-0.2, 0) is 9.59 Å². The maximum atomic E-state index is 14.0. The second kappa shape index (κ2) is 5.64. The molecule has 2 N–H and O–H groups in total. The summed E-state index contributed by atoms with van der Waals surface area (Å²) in [6.07, 6.45) is 2.53. The molecule has 0 atom stereocenters. The van der Waals surface area contributed by atoms with Gasteiger partial charge in [-0.3, -0.25) is 9.59 Å². The van der Waals surface area contributed by atoms with Crippen molar-refractivity contribution < 1.29 is 23.9 Å². The first kappa shape index (κ1) is 15.5. The normalized spacial score (nSPS) is 19.3. The molecule has 0 spiro atoms. The van der Waals surface area contributed by atoms with E-state index in [1.54, 1.807) is 0 Å². The second-order valence-electron chi connectivity index (χ2n) is 6.01. The summed E-state index contributed by atoms with van der Waals surface area (Å²) in [5.41, 5.74) is -1.09. The topological polar surface area (TPSA) is 86.7 Å². The van der Waals surface area contributed by atoms with Gasteiger partial charge in [-0.25, -0.2) is 9.18 Å². The van der Waals surface area contributed by atoms with Gasteiger partial charge in [0, 0.05) is 18.7 Å². The molecule has 122 valence electrons. The lowest BCUT2D eigenvalue weighted by Gasteiger charge is -2.38. The lowest BCUT2D eigenvalue weighted by atomic mass is 9.76. The number of hydrogen-bond acceptors (Lipinski definition) is 3. The van der Waals surface area contributed by atoms with E-state index >= 15 is 0 Å². The number of carboxylic acids is 1. The minimum absolute atomic E-state index is 0.0658. The average Bonchev–Trinajstić information content (AvgIpc) is 2.89. The number of carboxylic acid groups (broad SMARTS) is 1. The highest BCUT2D eigenvalue weighted by Gasteiger charge is 2.46. The number of benzene rings is 1.